The van der Waals surface area contributed by atoms with Gasteiger partial charge in [-0.15, -0.1) is 0 Å². The van der Waals surface area contributed by atoms with Gasteiger partial charge in [0.15, 0.2) is 11.0 Å². The van der Waals surface area contributed by atoms with Crippen molar-refractivity contribution in [1.82, 2.24) is 9.55 Å². The van der Waals surface area contributed by atoms with Crippen LogP contribution in [0.1, 0.15) is 10.6 Å². The largest absolute Gasteiger partial charge is 0.440 e. The van der Waals surface area contributed by atoms with Gasteiger partial charge in [0, 0.05) is 18.3 Å². The van der Waals surface area contributed by atoms with Crippen molar-refractivity contribution in [3.05, 3.63) is 71.6 Å². The zero-order valence-corrected chi connectivity index (χ0v) is 14.1. The molecule has 0 unspecified atom stereocenters. The van der Waals surface area contributed by atoms with Crippen LogP contribution in [0.15, 0.2) is 65.1 Å². The van der Waals surface area contributed by atoms with E-state index in [1.165, 1.54) is 12.1 Å². The summed E-state index contributed by atoms with van der Waals surface area (Å²) in [5, 5.41) is 2.96. The summed E-state index contributed by atoms with van der Waals surface area (Å²) in [4.78, 5) is 16.7. The van der Waals surface area contributed by atoms with E-state index in [1.54, 1.807) is 0 Å². The van der Waals surface area contributed by atoms with Gasteiger partial charge in [0.2, 0.25) is 0 Å². The van der Waals surface area contributed by atoms with E-state index in [0.717, 1.165) is 22.4 Å². The smallest absolute Gasteiger partial charge is 0.291 e. The second kappa shape index (κ2) is 6.11. The third kappa shape index (κ3) is 2.90. The van der Waals surface area contributed by atoms with Crippen LogP contribution in [0.3, 0.4) is 0 Å². The Balaban J connectivity index is 1.59. The van der Waals surface area contributed by atoms with Crippen molar-refractivity contribution in [1.29, 1.82) is 0 Å². The molecule has 0 fully saturated rings. The molecule has 4 rings (SSSR count). The summed E-state index contributed by atoms with van der Waals surface area (Å²) in [6.07, 6.45) is 0. The summed E-state index contributed by atoms with van der Waals surface area (Å²) in [6.45, 7) is 0. The number of nitrogens with one attached hydrogen (secondary N) is 1. The first-order valence-electron chi connectivity index (χ1n) is 7.70. The number of halogens is 1. The molecule has 124 valence electrons. The normalized spacial score (nSPS) is 11.0. The molecule has 6 heteroatoms. The van der Waals surface area contributed by atoms with Crippen LogP contribution in [-0.2, 0) is 7.05 Å². The van der Waals surface area contributed by atoms with Gasteiger partial charge in [0.1, 0.15) is 5.82 Å². The van der Waals surface area contributed by atoms with Crippen molar-refractivity contribution in [3.8, 4) is 11.4 Å². The van der Waals surface area contributed by atoms with Crippen molar-refractivity contribution in [2.75, 3.05) is 5.32 Å². The van der Waals surface area contributed by atoms with E-state index in [9.17, 15) is 4.79 Å². The molecular weight excluding hydrogens is 338 g/mol. The number of anilines is 1. The van der Waals surface area contributed by atoms with E-state index in [-0.39, 0.29) is 16.9 Å². The number of imidazole rings is 1. The van der Waals surface area contributed by atoms with Gasteiger partial charge >= 0.3 is 0 Å². The molecule has 25 heavy (non-hydrogen) atoms. The Kier molecular flexibility index (Phi) is 3.78. The second-order valence-electron chi connectivity index (χ2n) is 5.62. The number of hydrogen-bond donors (Lipinski definition) is 1. The van der Waals surface area contributed by atoms with Crippen molar-refractivity contribution in [2.24, 2.45) is 7.05 Å². The molecule has 0 saturated heterocycles. The average molecular weight is 352 g/mol. The maximum Gasteiger partial charge on any atom is 0.291 e. The zero-order chi connectivity index (χ0) is 17.4. The van der Waals surface area contributed by atoms with E-state index >= 15 is 0 Å². The minimum absolute atomic E-state index is 0.171. The molecule has 2 aromatic heterocycles. The molecule has 0 aliphatic carbocycles. The quantitative estimate of drug-likeness (QED) is 0.580. The Bertz CT molecular complexity index is 1060. The van der Waals surface area contributed by atoms with Crippen molar-refractivity contribution >= 4 is 34.2 Å². The molecule has 2 heterocycles. The van der Waals surface area contributed by atoms with Crippen LogP contribution in [0.4, 0.5) is 5.69 Å². The number of rotatable bonds is 3. The first kappa shape index (κ1) is 15.5. The number of nitrogens with zero attached hydrogens (tertiary/aromatic N) is 2. The summed E-state index contributed by atoms with van der Waals surface area (Å²) in [5.74, 6) is 0.698. The minimum atomic E-state index is -0.345. The van der Waals surface area contributed by atoms with Gasteiger partial charge in [-0.05, 0) is 60.1 Å². The fraction of sp³-hybridized carbons (Fsp3) is 0.0526. The molecule has 1 amide bonds. The van der Waals surface area contributed by atoms with Crippen LogP contribution in [0, 0.1) is 0 Å². The van der Waals surface area contributed by atoms with Gasteiger partial charge in [-0.2, -0.15) is 0 Å². The summed E-state index contributed by atoms with van der Waals surface area (Å²) < 4.78 is 7.15. The highest BCUT2D eigenvalue weighted by atomic mass is 35.5. The van der Waals surface area contributed by atoms with Crippen LogP contribution >= 0.6 is 11.6 Å². The van der Waals surface area contributed by atoms with Crippen LogP contribution in [0.2, 0.25) is 5.22 Å². The van der Waals surface area contributed by atoms with E-state index in [1.807, 2.05) is 60.1 Å². The van der Waals surface area contributed by atoms with Crippen LogP contribution < -0.4 is 5.32 Å². The molecular formula is C19H14ClN3O2. The lowest BCUT2D eigenvalue weighted by Gasteiger charge is -2.06. The van der Waals surface area contributed by atoms with Gasteiger partial charge < -0.3 is 14.3 Å². The zero-order valence-electron chi connectivity index (χ0n) is 13.4. The molecule has 2 aromatic carbocycles. The molecule has 0 bridgehead atoms. The topological polar surface area (TPSA) is 60.1 Å². The Morgan fingerprint density at radius 2 is 1.84 bits per heavy atom. The number of hydrogen-bond acceptors (Lipinski definition) is 3. The molecule has 0 saturated carbocycles. The molecule has 0 aliphatic rings. The fourth-order valence-corrected chi connectivity index (χ4v) is 2.88. The Labute approximate surface area is 148 Å². The van der Waals surface area contributed by atoms with E-state index < -0.39 is 0 Å². The summed E-state index contributed by atoms with van der Waals surface area (Å²) >= 11 is 5.69. The Morgan fingerprint density at radius 3 is 2.52 bits per heavy atom. The maximum absolute atomic E-state index is 12.1. The SMILES string of the molecule is Cn1c(-c2ccc(NC(=O)c3ccc(Cl)o3)cc2)nc2ccccc21. The van der Waals surface area contributed by atoms with E-state index in [4.69, 9.17) is 16.0 Å². The molecule has 0 radical (unpaired) electrons. The number of benzene rings is 2. The van der Waals surface area contributed by atoms with Gasteiger partial charge in [0.05, 0.1) is 11.0 Å². The fourth-order valence-electron chi connectivity index (χ4n) is 2.74. The number of furan rings is 1. The third-order valence-electron chi connectivity index (χ3n) is 3.99. The van der Waals surface area contributed by atoms with E-state index in [0.29, 0.717) is 5.69 Å². The van der Waals surface area contributed by atoms with Gasteiger partial charge in [-0.1, -0.05) is 12.1 Å². The maximum atomic E-state index is 12.1. The number of para-hydroxylation sites is 2. The van der Waals surface area contributed by atoms with Gasteiger partial charge in [-0.25, -0.2) is 4.98 Å². The molecule has 0 aliphatic heterocycles. The highest BCUT2D eigenvalue weighted by Crippen LogP contribution is 2.25. The lowest BCUT2D eigenvalue weighted by molar-refractivity contribution is 0.0997. The van der Waals surface area contributed by atoms with Crippen LogP contribution in [0.5, 0.6) is 0 Å². The van der Waals surface area contributed by atoms with Crippen LogP contribution in [0.25, 0.3) is 22.4 Å². The van der Waals surface area contributed by atoms with Gasteiger partial charge in [0.25, 0.3) is 5.91 Å². The molecule has 0 spiro atoms. The minimum Gasteiger partial charge on any atom is -0.440 e. The predicted octanol–water partition coefficient (Wildman–Crippen LogP) is 4.74. The summed E-state index contributed by atoms with van der Waals surface area (Å²) in [6, 6.07) is 18.6. The number of carbonyl (C=O) groups is 1. The van der Waals surface area contributed by atoms with Crippen molar-refractivity contribution in [3.63, 3.8) is 0 Å². The lowest BCUT2D eigenvalue weighted by atomic mass is 10.2. The first-order chi connectivity index (χ1) is 12.1. The molecule has 5 nitrogen and oxygen atoms in total. The van der Waals surface area contributed by atoms with E-state index in [2.05, 4.69) is 10.3 Å². The molecule has 4 aromatic rings. The standard InChI is InChI=1S/C19H14ClN3O2/c1-23-15-5-3-2-4-14(15)22-18(23)12-6-8-13(9-7-12)21-19(24)16-10-11-17(20)25-16/h2-11H,1H3,(H,21,24). The molecule has 0 atom stereocenters. The highest BCUT2D eigenvalue weighted by molar-refractivity contribution is 6.29. The Morgan fingerprint density at radius 1 is 1.08 bits per heavy atom. The third-order valence-corrected chi connectivity index (χ3v) is 4.19. The number of aromatic nitrogens is 2. The number of aryl methyl sites for hydroxylation is 1. The van der Waals surface area contributed by atoms with Crippen LogP contribution in [-0.4, -0.2) is 15.5 Å². The van der Waals surface area contributed by atoms with Gasteiger partial charge in [-0.3, -0.25) is 4.79 Å². The highest BCUT2D eigenvalue weighted by Gasteiger charge is 2.12. The first-order valence-corrected chi connectivity index (χ1v) is 8.08. The van der Waals surface area contributed by atoms with Crippen molar-refractivity contribution in [2.45, 2.75) is 0 Å². The monoisotopic (exact) mass is 351 g/mol. The van der Waals surface area contributed by atoms with Crippen molar-refractivity contribution < 1.29 is 9.21 Å². The molecule has 1 N–H and O–H groups in total. The Hall–Kier alpha value is -3.05. The predicted molar refractivity (Wildman–Crippen MR) is 97.8 cm³/mol. The number of amides is 1. The second-order valence-corrected chi connectivity index (χ2v) is 5.99. The summed E-state index contributed by atoms with van der Waals surface area (Å²) in [7, 11) is 1.99. The lowest BCUT2D eigenvalue weighted by Crippen LogP contribution is -2.10. The average Bonchev–Trinajstić information content (AvgIpc) is 3.20. The number of carbonyl (C=O) groups excluding carboxylic acids is 1. The number of fused-ring (bicyclic) bond motifs is 1. The summed E-state index contributed by atoms with van der Waals surface area (Å²) in [5.41, 5.74) is 3.66.